The van der Waals surface area contributed by atoms with Gasteiger partial charge in [0.25, 0.3) is 0 Å². The predicted molar refractivity (Wildman–Crippen MR) is 73.2 cm³/mol. The van der Waals surface area contributed by atoms with E-state index in [2.05, 4.69) is 15.9 Å². The largest absolute Gasteiger partial charge is 0.457 e. The van der Waals surface area contributed by atoms with Gasteiger partial charge in [0.2, 0.25) is 0 Å². The van der Waals surface area contributed by atoms with Crippen molar-refractivity contribution in [2.45, 2.75) is 13.0 Å². The van der Waals surface area contributed by atoms with Crippen molar-refractivity contribution in [2.24, 2.45) is 5.73 Å². The third kappa shape index (κ3) is 3.30. The summed E-state index contributed by atoms with van der Waals surface area (Å²) in [5.41, 5.74) is 6.73. The average Bonchev–Trinajstić information content (AvgIpc) is 2.33. The van der Waals surface area contributed by atoms with E-state index in [0.29, 0.717) is 5.75 Å². The van der Waals surface area contributed by atoms with Crippen molar-refractivity contribution in [3.63, 3.8) is 0 Å². The molecule has 2 N–H and O–H groups in total. The number of hydrogen-bond donors (Lipinski definition) is 1. The standard InChI is InChI=1S/C14H12BrF2NO/c1-8(18)11-4-2-9(6-12(11)15)19-10-3-5-13(16)14(17)7-10/h2-8H,18H2,1H3. The molecule has 0 saturated carbocycles. The summed E-state index contributed by atoms with van der Waals surface area (Å²) in [5.74, 6) is -1.09. The summed E-state index contributed by atoms with van der Waals surface area (Å²) in [6.45, 7) is 1.87. The summed E-state index contributed by atoms with van der Waals surface area (Å²) in [6, 6.07) is 8.57. The molecule has 100 valence electrons. The highest BCUT2D eigenvalue weighted by Crippen LogP contribution is 2.29. The van der Waals surface area contributed by atoms with E-state index in [0.717, 1.165) is 22.2 Å². The molecule has 19 heavy (non-hydrogen) atoms. The van der Waals surface area contributed by atoms with Gasteiger partial charge in [-0.15, -0.1) is 0 Å². The first kappa shape index (κ1) is 14.0. The van der Waals surface area contributed by atoms with E-state index in [1.165, 1.54) is 6.07 Å². The van der Waals surface area contributed by atoms with Crippen LogP contribution in [0.15, 0.2) is 40.9 Å². The molecule has 5 heteroatoms. The maximum Gasteiger partial charge on any atom is 0.162 e. The lowest BCUT2D eigenvalue weighted by molar-refractivity contribution is 0.461. The Bertz CT molecular complexity index is 602. The quantitative estimate of drug-likeness (QED) is 0.898. The molecule has 0 bridgehead atoms. The highest BCUT2D eigenvalue weighted by atomic mass is 79.9. The van der Waals surface area contributed by atoms with Crippen molar-refractivity contribution in [3.8, 4) is 11.5 Å². The van der Waals surface area contributed by atoms with Gasteiger partial charge in [0.15, 0.2) is 11.6 Å². The van der Waals surface area contributed by atoms with Crippen LogP contribution in [0, 0.1) is 11.6 Å². The monoisotopic (exact) mass is 327 g/mol. The van der Waals surface area contributed by atoms with Crippen LogP contribution in [0.3, 0.4) is 0 Å². The second-order valence-electron chi connectivity index (χ2n) is 4.15. The Morgan fingerprint density at radius 3 is 2.26 bits per heavy atom. The molecule has 2 aromatic carbocycles. The minimum atomic E-state index is -0.941. The van der Waals surface area contributed by atoms with E-state index in [9.17, 15) is 8.78 Å². The first-order valence-electron chi connectivity index (χ1n) is 5.65. The van der Waals surface area contributed by atoms with Gasteiger partial charge in [-0.25, -0.2) is 8.78 Å². The minimum Gasteiger partial charge on any atom is -0.457 e. The Morgan fingerprint density at radius 2 is 1.68 bits per heavy atom. The smallest absolute Gasteiger partial charge is 0.162 e. The molecule has 0 amide bonds. The van der Waals surface area contributed by atoms with Crippen LogP contribution in [-0.2, 0) is 0 Å². The Labute approximate surface area is 118 Å². The topological polar surface area (TPSA) is 35.2 Å². The number of halogens is 3. The fourth-order valence-electron chi connectivity index (χ4n) is 1.62. The Morgan fingerprint density at radius 1 is 1.05 bits per heavy atom. The number of ether oxygens (including phenoxy) is 1. The maximum absolute atomic E-state index is 13.1. The summed E-state index contributed by atoms with van der Waals surface area (Å²) >= 11 is 3.39. The van der Waals surface area contributed by atoms with Gasteiger partial charge < -0.3 is 10.5 Å². The molecule has 0 aliphatic rings. The molecule has 0 aliphatic heterocycles. The van der Waals surface area contributed by atoms with E-state index in [1.54, 1.807) is 12.1 Å². The summed E-state index contributed by atoms with van der Waals surface area (Å²) < 4.78 is 32.1. The molecule has 0 aliphatic carbocycles. The van der Waals surface area contributed by atoms with Gasteiger partial charge in [-0.1, -0.05) is 22.0 Å². The zero-order valence-electron chi connectivity index (χ0n) is 10.2. The highest BCUT2D eigenvalue weighted by molar-refractivity contribution is 9.10. The minimum absolute atomic E-state index is 0.105. The van der Waals surface area contributed by atoms with Crippen LogP contribution < -0.4 is 10.5 Å². The highest BCUT2D eigenvalue weighted by Gasteiger charge is 2.08. The lowest BCUT2D eigenvalue weighted by atomic mass is 10.1. The van der Waals surface area contributed by atoms with Gasteiger partial charge in [-0.3, -0.25) is 0 Å². The second-order valence-corrected chi connectivity index (χ2v) is 5.00. The third-order valence-corrected chi connectivity index (χ3v) is 3.28. The van der Waals surface area contributed by atoms with Gasteiger partial charge >= 0.3 is 0 Å². The summed E-state index contributed by atoms with van der Waals surface area (Å²) in [7, 11) is 0. The molecule has 0 spiro atoms. The van der Waals surface area contributed by atoms with Crippen LogP contribution in [0.1, 0.15) is 18.5 Å². The fraction of sp³-hybridized carbons (Fsp3) is 0.143. The van der Waals surface area contributed by atoms with Gasteiger partial charge in [0, 0.05) is 16.6 Å². The van der Waals surface area contributed by atoms with Crippen LogP contribution >= 0.6 is 15.9 Å². The molecule has 2 rings (SSSR count). The molecule has 0 heterocycles. The summed E-state index contributed by atoms with van der Waals surface area (Å²) in [4.78, 5) is 0. The van der Waals surface area contributed by atoms with Crippen LogP contribution in [0.5, 0.6) is 11.5 Å². The molecule has 0 fully saturated rings. The Hall–Kier alpha value is -1.46. The van der Waals surface area contributed by atoms with Gasteiger partial charge in [0.1, 0.15) is 11.5 Å². The molecule has 2 nitrogen and oxygen atoms in total. The molecule has 1 unspecified atom stereocenters. The molecule has 1 atom stereocenters. The third-order valence-electron chi connectivity index (χ3n) is 2.59. The predicted octanol–water partition coefficient (Wildman–Crippen LogP) is 4.54. The lowest BCUT2D eigenvalue weighted by Crippen LogP contribution is -2.05. The van der Waals surface area contributed by atoms with E-state index in [4.69, 9.17) is 10.5 Å². The second kappa shape index (κ2) is 5.67. The van der Waals surface area contributed by atoms with Gasteiger partial charge in [0.05, 0.1) is 0 Å². The van der Waals surface area contributed by atoms with E-state index in [-0.39, 0.29) is 11.8 Å². The molecule has 0 aromatic heterocycles. The zero-order valence-corrected chi connectivity index (χ0v) is 11.7. The number of rotatable bonds is 3. The lowest BCUT2D eigenvalue weighted by Gasteiger charge is -2.11. The maximum atomic E-state index is 13.1. The molecule has 0 radical (unpaired) electrons. The normalized spacial score (nSPS) is 12.3. The van der Waals surface area contributed by atoms with Gasteiger partial charge in [-0.05, 0) is 36.8 Å². The Kier molecular flexibility index (Phi) is 4.17. The number of nitrogens with two attached hydrogens (primary N) is 1. The number of hydrogen-bond acceptors (Lipinski definition) is 2. The molecular formula is C14H12BrF2NO. The molecule has 2 aromatic rings. The van der Waals surface area contributed by atoms with Gasteiger partial charge in [-0.2, -0.15) is 0 Å². The van der Waals surface area contributed by atoms with Crippen molar-refractivity contribution in [1.29, 1.82) is 0 Å². The molecular weight excluding hydrogens is 316 g/mol. The first-order chi connectivity index (χ1) is 8.97. The van der Waals surface area contributed by atoms with Crippen molar-refractivity contribution < 1.29 is 13.5 Å². The first-order valence-corrected chi connectivity index (χ1v) is 6.44. The number of benzene rings is 2. The van der Waals surface area contributed by atoms with Crippen LogP contribution in [-0.4, -0.2) is 0 Å². The fourth-order valence-corrected chi connectivity index (χ4v) is 2.34. The van der Waals surface area contributed by atoms with Crippen molar-refractivity contribution in [3.05, 3.63) is 58.1 Å². The van der Waals surface area contributed by atoms with E-state index < -0.39 is 11.6 Å². The van der Waals surface area contributed by atoms with Crippen LogP contribution in [0.4, 0.5) is 8.78 Å². The van der Waals surface area contributed by atoms with Crippen molar-refractivity contribution >= 4 is 15.9 Å². The van der Waals surface area contributed by atoms with E-state index in [1.807, 2.05) is 13.0 Å². The van der Waals surface area contributed by atoms with Crippen LogP contribution in [0.25, 0.3) is 0 Å². The van der Waals surface area contributed by atoms with Crippen molar-refractivity contribution in [2.75, 3.05) is 0 Å². The zero-order chi connectivity index (χ0) is 14.0. The molecule has 0 saturated heterocycles. The van der Waals surface area contributed by atoms with E-state index >= 15 is 0 Å². The summed E-state index contributed by atoms with van der Waals surface area (Å²) in [6.07, 6.45) is 0. The van der Waals surface area contributed by atoms with Crippen molar-refractivity contribution in [1.82, 2.24) is 0 Å². The average molecular weight is 328 g/mol. The summed E-state index contributed by atoms with van der Waals surface area (Å²) in [5, 5.41) is 0. The van der Waals surface area contributed by atoms with Crippen LogP contribution in [0.2, 0.25) is 0 Å². The SMILES string of the molecule is CC(N)c1ccc(Oc2ccc(F)c(F)c2)cc1Br. The Balaban J connectivity index is 2.24.